The van der Waals surface area contributed by atoms with Gasteiger partial charge in [0.1, 0.15) is 0 Å². The van der Waals surface area contributed by atoms with E-state index < -0.39 is 0 Å². The van der Waals surface area contributed by atoms with Crippen LogP contribution in [-0.2, 0) is 0 Å². The van der Waals surface area contributed by atoms with E-state index in [1.807, 2.05) is 0 Å². The third kappa shape index (κ3) is 4.67. The van der Waals surface area contributed by atoms with Gasteiger partial charge in [0.15, 0.2) is 0 Å². The Labute approximate surface area is 131 Å². The van der Waals surface area contributed by atoms with Crippen LogP contribution in [0.5, 0.6) is 0 Å². The minimum Gasteiger partial charge on any atom is -0.396 e. The summed E-state index contributed by atoms with van der Waals surface area (Å²) in [5, 5.41) is 13.1. The van der Waals surface area contributed by atoms with Gasteiger partial charge >= 0.3 is 0 Å². The first kappa shape index (κ1) is 17.2. The van der Waals surface area contributed by atoms with Crippen molar-refractivity contribution in [2.45, 2.75) is 65.3 Å². The molecular weight excluding hydrogens is 260 g/mol. The predicted molar refractivity (Wildman–Crippen MR) is 89.5 cm³/mol. The van der Waals surface area contributed by atoms with Crippen molar-refractivity contribution in [3.05, 3.63) is 0 Å². The topological polar surface area (TPSA) is 35.5 Å². The van der Waals surface area contributed by atoms with Crippen molar-refractivity contribution < 1.29 is 5.11 Å². The number of likely N-dealkylation sites (tertiary alicyclic amines) is 1. The molecule has 1 saturated heterocycles. The lowest BCUT2D eigenvalue weighted by atomic mass is 9.67. The molecule has 1 saturated carbocycles. The Bertz CT molecular complexity index is 298. The Morgan fingerprint density at radius 2 is 1.90 bits per heavy atom. The summed E-state index contributed by atoms with van der Waals surface area (Å²) < 4.78 is 0. The maximum absolute atomic E-state index is 9.28. The van der Waals surface area contributed by atoms with Gasteiger partial charge in [-0.1, -0.05) is 27.2 Å². The first-order valence-corrected chi connectivity index (χ1v) is 9.13. The van der Waals surface area contributed by atoms with Gasteiger partial charge in [-0.15, -0.1) is 0 Å². The molecule has 0 radical (unpaired) electrons. The quantitative estimate of drug-likeness (QED) is 0.791. The zero-order chi connectivity index (χ0) is 15.3. The number of nitrogens with one attached hydrogen (secondary N) is 1. The van der Waals surface area contributed by atoms with Crippen LogP contribution in [0.3, 0.4) is 0 Å². The lowest BCUT2D eigenvalue weighted by Crippen LogP contribution is -2.53. The van der Waals surface area contributed by atoms with Gasteiger partial charge in [-0.3, -0.25) is 0 Å². The summed E-state index contributed by atoms with van der Waals surface area (Å²) in [6, 6.07) is 0.668. The van der Waals surface area contributed by atoms with E-state index in [1.165, 1.54) is 58.2 Å². The molecule has 21 heavy (non-hydrogen) atoms. The average Bonchev–Trinajstić information content (AvgIpc) is 2.47. The number of nitrogens with zero attached hydrogens (tertiary/aromatic N) is 1. The summed E-state index contributed by atoms with van der Waals surface area (Å²) in [6.45, 7) is 12.3. The minimum absolute atomic E-state index is 0.380. The normalized spacial score (nSPS) is 31.4. The summed E-state index contributed by atoms with van der Waals surface area (Å²) in [4.78, 5) is 2.65. The predicted octanol–water partition coefficient (Wildman–Crippen LogP) is 2.89. The molecule has 0 amide bonds. The zero-order valence-electron chi connectivity index (χ0n) is 14.4. The van der Waals surface area contributed by atoms with Crippen molar-refractivity contribution in [3.8, 4) is 0 Å². The van der Waals surface area contributed by atoms with E-state index in [0.717, 1.165) is 12.5 Å². The molecule has 2 fully saturated rings. The summed E-state index contributed by atoms with van der Waals surface area (Å²) in [7, 11) is 0. The first-order valence-electron chi connectivity index (χ1n) is 9.13. The minimum atomic E-state index is 0.380. The van der Waals surface area contributed by atoms with Gasteiger partial charge in [-0.25, -0.2) is 0 Å². The molecule has 124 valence electrons. The molecule has 3 nitrogen and oxygen atoms in total. The lowest BCUT2D eigenvalue weighted by molar-refractivity contribution is 0.0601. The molecule has 2 aliphatic rings. The molecule has 0 bridgehead atoms. The Morgan fingerprint density at radius 1 is 1.19 bits per heavy atom. The van der Waals surface area contributed by atoms with E-state index in [1.54, 1.807) is 0 Å². The Hall–Kier alpha value is -0.120. The van der Waals surface area contributed by atoms with E-state index in [9.17, 15) is 5.11 Å². The van der Waals surface area contributed by atoms with E-state index in [-0.39, 0.29) is 0 Å². The van der Waals surface area contributed by atoms with Crippen LogP contribution in [0.4, 0.5) is 0 Å². The molecule has 2 N–H and O–H groups in total. The van der Waals surface area contributed by atoms with Gasteiger partial charge in [0, 0.05) is 19.2 Å². The second kappa shape index (κ2) is 7.94. The third-order valence-electron chi connectivity index (χ3n) is 5.78. The SMILES string of the molecule is CCCNC1C(CN2CCC(CO)CC2)CCCC1(C)C. The molecular formula is C18H36N2O. The number of hydrogen-bond donors (Lipinski definition) is 2. The highest BCUT2D eigenvalue weighted by Crippen LogP contribution is 2.39. The number of aliphatic hydroxyl groups is 1. The van der Waals surface area contributed by atoms with Gasteiger partial charge in [0.2, 0.25) is 0 Å². The molecule has 0 spiro atoms. The molecule has 2 unspecified atom stereocenters. The van der Waals surface area contributed by atoms with Gasteiger partial charge in [0.05, 0.1) is 0 Å². The van der Waals surface area contributed by atoms with Crippen molar-refractivity contribution in [1.82, 2.24) is 10.2 Å². The summed E-state index contributed by atoms with van der Waals surface area (Å²) in [5.41, 5.74) is 0.432. The maximum Gasteiger partial charge on any atom is 0.0460 e. The Morgan fingerprint density at radius 3 is 2.52 bits per heavy atom. The van der Waals surface area contributed by atoms with Crippen LogP contribution in [0.1, 0.15) is 59.3 Å². The average molecular weight is 296 g/mol. The third-order valence-corrected chi connectivity index (χ3v) is 5.78. The molecule has 0 aromatic rings. The fourth-order valence-electron chi connectivity index (χ4n) is 4.40. The Kier molecular flexibility index (Phi) is 6.51. The van der Waals surface area contributed by atoms with Crippen LogP contribution in [0.2, 0.25) is 0 Å². The van der Waals surface area contributed by atoms with Crippen LogP contribution < -0.4 is 5.32 Å². The smallest absolute Gasteiger partial charge is 0.0460 e. The summed E-state index contributed by atoms with van der Waals surface area (Å²) in [5.74, 6) is 1.35. The van der Waals surface area contributed by atoms with Crippen LogP contribution >= 0.6 is 0 Å². The highest BCUT2D eigenvalue weighted by molar-refractivity contribution is 4.94. The summed E-state index contributed by atoms with van der Waals surface area (Å²) >= 11 is 0. The largest absolute Gasteiger partial charge is 0.396 e. The Balaban J connectivity index is 1.90. The van der Waals surface area contributed by atoms with E-state index >= 15 is 0 Å². The van der Waals surface area contributed by atoms with Gasteiger partial charge in [0.25, 0.3) is 0 Å². The fourth-order valence-corrected chi connectivity index (χ4v) is 4.40. The second-order valence-corrected chi connectivity index (χ2v) is 8.00. The number of piperidine rings is 1. The van der Waals surface area contributed by atoms with Crippen molar-refractivity contribution in [1.29, 1.82) is 0 Å². The van der Waals surface area contributed by atoms with Crippen molar-refractivity contribution in [2.24, 2.45) is 17.3 Å². The number of hydrogen-bond acceptors (Lipinski definition) is 3. The molecule has 1 aliphatic carbocycles. The molecule has 0 aromatic carbocycles. The highest BCUT2D eigenvalue weighted by atomic mass is 16.3. The second-order valence-electron chi connectivity index (χ2n) is 8.00. The standard InChI is InChI=1S/C18H36N2O/c1-4-10-19-17-16(6-5-9-18(17,2)3)13-20-11-7-15(14-21)8-12-20/h15-17,19,21H,4-14H2,1-3H3. The van der Waals surface area contributed by atoms with Gasteiger partial charge in [-0.05, 0) is 69.0 Å². The zero-order valence-corrected chi connectivity index (χ0v) is 14.4. The van der Waals surface area contributed by atoms with E-state index in [0.29, 0.717) is 24.0 Å². The molecule has 1 heterocycles. The molecule has 2 atom stereocenters. The molecule has 2 rings (SSSR count). The van der Waals surface area contributed by atoms with Crippen molar-refractivity contribution >= 4 is 0 Å². The van der Waals surface area contributed by atoms with Crippen LogP contribution in [-0.4, -0.2) is 48.8 Å². The summed E-state index contributed by atoms with van der Waals surface area (Å²) in [6.07, 6.45) is 7.71. The maximum atomic E-state index is 9.28. The lowest BCUT2D eigenvalue weighted by Gasteiger charge is -2.47. The van der Waals surface area contributed by atoms with Crippen molar-refractivity contribution in [2.75, 3.05) is 32.8 Å². The van der Waals surface area contributed by atoms with Crippen molar-refractivity contribution in [3.63, 3.8) is 0 Å². The molecule has 3 heteroatoms. The molecule has 1 aliphatic heterocycles. The molecule has 0 aromatic heterocycles. The monoisotopic (exact) mass is 296 g/mol. The van der Waals surface area contributed by atoms with Crippen LogP contribution in [0, 0.1) is 17.3 Å². The fraction of sp³-hybridized carbons (Fsp3) is 1.00. The van der Waals surface area contributed by atoms with Gasteiger partial charge < -0.3 is 15.3 Å². The highest BCUT2D eigenvalue weighted by Gasteiger charge is 2.39. The van der Waals surface area contributed by atoms with E-state index in [2.05, 4.69) is 31.0 Å². The van der Waals surface area contributed by atoms with Gasteiger partial charge in [-0.2, -0.15) is 0 Å². The first-order chi connectivity index (χ1) is 10.1. The number of aliphatic hydroxyl groups excluding tert-OH is 1. The van der Waals surface area contributed by atoms with Crippen LogP contribution in [0.25, 0.3) is 0 Å². The van der Waals surface area contributed by atoms with E-state index in [4.69, 9.17) is 0 Å². The number of rotatable bonds is 6. The van der Waals surface area contributed by atoms with Crippen LogP contribution in [0.15, 0.2) is 0 Å².